The van der Waals surface area contributed by atoms with E-state index in [0.29, 0.717) is 0 Å². The van der Waals surface area contributed by atoms with Gasteiger partial charge in [-0.1, -0.05) is 11.6 Å². The molecule has 2 aromatic rings. The van der Waals surface area contributed by atoms with Crippen molar-refractivity contribution >= 4 is 23.0 Å². The lowest BCUT2D eigenvalue weighted by Crippen LogP contribution is -2.05. The number of nitriles is 1. The predicted octanol–water partition coefficient (Wildman–Crippen LogP) is 5.38. The van der Waals surface area contributed by atoms with Crippen LogP contribution < -0.4 is 10.1 Å². The first kappa shape index (κ1) is 19.3. The number of rotatable bonds is 6. The number of ether oxygens (including phenoxy) is 1. The lowest BCUT2D eigenvalue weighted by molar-refractivity contribution is -0.384. The van der Waals surface area contributed by atoms with Crippen molar-refractivity contribution in [2.24, 2.45) is 0 Å². The number of halogens is 4. The molecular formula is C16H11ClF3N3O3. The molecule has 0 aromatic heterocycles. The van der Waals surface area contributed by atoms with Crippen LogP contribution in [0.3, 0.4) is 0 Å². The summed E-state index contributed by atoms with van der Waals surface area (Å²) >= 11 is 5.82. The van der Waals surface area contributed by atoms with Crippen LogP contribution in [-0.2, 0) is 6.18 Å². The molecule has 1 N–H and O–H groups in total. The number of benzene rings is 2. The van der Waals surface area contributed by atoms with E-state index in [0.717, 1.165) is 18.2 Å². The topological polar surface area (TPSA) is 88.2 Å². The molecule has 136 valence electrons. The lowest BCUT2D eigenvalue weighted by Gasteiger charge is -2.12. The molecule has 0 atom stereocenters. The Bertz CT molecular complexity index is 866. The summed E-state index contributed by atoms with van der Waals surface area (Å²) in [6, 6.07) is 8.29. The van der Waals surface area contributed by atoms with Crippen LogP contribution in [0.2, 0.25) is 5.02 Å². The first-order chi connectivity index (χ1) is 12.2. The molecule has 0 bridgehead atoms. The Balaban J connectivity index is 2.28. The van der Waals surface area contributed by atoms with Crippen LogP contribution >= 0.6 is 11.6 Å². The Morgan fingerprint density at radius 1 is 1.27 bits per heavy atom. The van der Waals surface area contributed by atoms with Gasteiger partial charge in [0, 0.05) is 18.7 Å². The van der Waals surface area contributed by atoms with Gasteiger partial charge in [-0.05, 0) is 24.3 Å². The quantitative estimate of drug-likeness (QED) is 0.409. The molecule has 10 heteroatoms. The minimum Gasteiger partial charge on any atom is -0.456 e. The van der Waals surface area contributed by atoms with Gasteiger partial charge in [0.25, 0.3) is 5.69 Å². The molecule has 26 heavy (non-hydrogen) atoms. The number of hydrogen-bond acceptors (Lipinski definition) is 5. The van der Waals surface area contributed by atoms with E-state index in [1.807, 2.05) is 6.07 Å². The summed E-state index contributed by atoms with van der Waals surface area (Å²) < 4.78 is 43.4. The zero-order chi connectivity index (χ0) is 19.3. The number of nitro groups is 1. The molecule has 2 rings (SSSR count). The van der Waals surface area contributed by atoms with E-state index in [1.165, 1.54) is 18.2 Å². The third kappa shape index (κ3) is 4.77. The fourth-order valence-electron chi connectivity index (χ4n) is 2.02. The minimum absolute atomic E-state index is 0.0310. The summed E-state index contributed by atoms with van der Waals surface area (Å²) in [6.45, 7) is 0.182. The third-order valence-corrected chi connectivity index (χ3v) is 3.50. The highest BCUT2D eigenvalue weighted by molar-refractivity contribution is 6.32. The molecule has 6 nitrogen and oxygen atoms in total. The number of nitrogens with one attached hydrogen (secondary N) is 1. The van der Waals surface area contributed by atoms with E-state index in [9.17, 15) is 23.3 Å². The van der Waals surface area contributed by atoms with Gasteiger partial charge in [0.1, 0.15) is 17.2 Å². The van der Waals surface area contributed by atoms with Gasteiger partial charge in [-0.25, -0.2) is 0 Å². The molecule has 0 unspecified atom stereocenters. The first-order valence-corrected chi connectivity index (χ1v) is 7.54. The van der Waals surface area contributed by atoms with Crippen molar-refractivity contribution in [1.82, 2.24) is 0 Å². The van der Waals surface area contributed by atoms with Gasteiger partial charge in [-0.15, -0.1) is 0 Å². The molecule has 0 amide bonds. The molecule has 0 radical (unpaired) electrons. The monoisotopic (exact) mass is 385 g/mol. The van der Waals surface area contributed by atoms with Crippen LogP contribution in [0.4, 0.5) is 24.5 Å². The second-order valence-electron chi connectivity index (χ2n) is 5.02. The molecule has 0 heterocycles. The Kier molecular flexibility index (Phi) is 5.90. The van der Waals surface area contributed by atoms with Crippen molar-refractivity contribution in [3.8, 4) is 17.6 Å². The minimum atomic E-state index is -4.53. The molecule has 0 aliphatic heterocycles. The SMILES string of the molecule is N#CCCNc1cc(Oc2ccc(C(F)(F)F)cc2Cl)ccc1[N+](=O)[O-]. The van der Waals surface area contributed by atoms with E-state index in [-0.39, 0.29) is 40.9 Å². The summed E-state index contributed by atoms with van der Waals surface area (Å²) in [6.07, 6.45) is -4.40. The van der Waals surface area contributed by atoms with Crippen molar-refractivity contribution < 1.29 is 22.8 Å². The van der Waals surface area contributed by atoms with Gasteiger partial charge in [0.15, 0.2) is 0 Å². The maximum atomic E-state index is 12.7. The van der Waals surface area contributed by atoms with Crippen LogP contribution in [0, 0.1) is 21.4 Å². The fourth-order valence-corrected chi connectivity index (χ4v) is 2.24. The van der Waals surface area contributed by atoms with Crippen LogP contribution in [0.25, 0.3) is 0 Å². The Labute approximate surface area is 150 Å². The maximum Gasteiger partial charge on any atom is 0.416 e. The summed E-state index contributed by atoms with van der Waals surface area (Å²) in [5.41, 5.74) is -1.03. The van der Waals surface area contributed by atoms with Crippen molar-refractivity contribution in [1.29, 1.82) is 5.26 Å². The average Bonchev–Trinajstić information content (AvgIpc) is 2.56. The normalized spacial score (nSPS) is 10.9. The lowest BCUT2D eigenvalue weighted by atomic mass is 10.2. The van der Waals surface area contributed by atoms with Crippen molar-refractivity contribution in [2.75, 3.05) is 11.9 Å². The van der Waals surface area contributed by atoms with Gasteiger partial charge in [-0.3, -0.25) is 10.1 Å². The fraction of sp³-hybridized carbons (Fsp3) is 0.188. The molecule has 0 spiro atoms. The van der Waals surface area contributed by atoms with E-state index < -0.39 is 16.7 Å². The maximum absolute atomic E-state index is 12.7. The highest BCUT2D eigenvalue weighted by Crippen LogP contribution is 2.37. The van der Waals surface area contributed by atoms with Gasteiger partial charge >= 0.3 is 6.18 Å². The Morgan fingerprint density at radius 2 is 2.00 bits per heavy atom. The molecular weight excluding hydrogens is 375 g/mol. The zero-order valence-electron chi connectivity index (χ0n) is 13.0. The molecule has 2 aromatic carbocycles. The van der Waals surface area contributed by atoms with Crippen LogP contribution in [0.15, 0.2) is 36.4 Å². The molecule has 0 fully saturated rings. The molecule has 0 saturated heterocycles. The number of hydrogen-bond donors (Lipinski definition) is 1. The average molecular weight is 386 g/mol. The van der Waals surface area contributed by atoms with Gasteiger partial charge in [0.2, 0.25) is 0 Å². The number of nitro benzene ring substituents is 1. The summed E-state index contributed by atoms with van der Waals surface area (Å²) in [4.78, 5) is 10.4. The van der Waals surface area contributed by atoms with Crippen molar-refractivity contribution in [3.05, 3.63) is 57.1 Å². The van der Waals surface area contributed by atoms with Gasteiger partial charge in [0.05, 0.1) is 28.0 Å². The van der Waals surface area contributed by atoms with Crippen LogP contribution in [0.1, 0.15) is 12.0 Å². The second kappa shape index (κ2) is 7.93. The van der Waals surface area contributed by atoms with Crippen molar-refractivity contribution in [2.45, 2.75) is 12.6 Å². The molecule has 0 aliphatic rings. The number of anilines is 1. The standard InChI is InChI=1S/C16H11ClF3N3O3/c17-12-8-10(16(18,19)20)2-5-15(12)26-11-3-4-14(23(24)25)13(9-11)22-7-1-6-21/h2-5,8-9,22H,1,7H2. The third-order valence-electron chi connectivity index (χ3n) is 3.20. The largest absolute Gasteiger partial charge is 0.456 e. The summed E-state index contributed by atoms with van der Waals surface area (Å²) in [5.74, 6) is 0.105. The van der Waals surface area contributed by atoms with Gasteiger partial charge in [-0.2, -0.15) is 18.4 Å². The van der Waals surface area contributed by atoms with E-state index >= 15 is 0 Å². The zero-order valence-corrected chi connectivity index (χ0v) is 13.8. The smallest absolute Gasteiger partial charge is 0.416 e. The second-order valence-corrected chi connectivity index (χ2v) is 5.42. The Hall–Kier alpha value is -2.99. The van der Waals surface area contributed by atoms with E-state index in [4.69, 9.17) is 21.6 Å². The molecule has 0 saturated carbocycles. The number of nitrogens with zero attached hydrogens (tertiary/aromatic N) is 2. The van der Waals surface area contributed by atoms with Crippen molar-refractivity contribution in [3.63, 3.8) is 0 Å². The highest BCUT2D eigenvalue weighted by atomic mass is 35.5. The summed E-state index contributed by atoms with van der Waals surface area (Å²) in [7, 11) is 0. The van der Waals surface area contributed by atoms with E-state index in [2.05, 4.69) is 5.32 Å². The van der Waals surface area contributed by atoms with Crippen LogP contribution in [-0.4, -0.2) is 11.5 Å². The molecule has 0 aliphatic carbocycles. The van der Waals surface area contributed by atoms with Crippen LogP contribution in [0.5, 0.6) is 11.5 Å². The Morgan fingerprint density at radius 3 is 2.58 bits per heavy atom. The van der Waals surface area contributed by atoms with Gasteiger partial charge < -0.3 is 10.1 Å². The predicted molar refractivity (Wildman–Crippen MR) is 88.3 cm³/mol. The van der Waals surface area contributed by atoms with E-state index in [1.54, 1.807) is 0 Å². The first-order valence-electron chi connectivity index (χ1n) is 7.16. The number of alkyl halides is 3. The summed E-state index contributed by atoms with van der Waals surface area (Å²) in [5, 5.41) is 22.1. The highest BCUT2D eigenvalue weighted by Gasteiger charge is 2.31.